The number of benzene rings is 2. The van der Waals surface area contributed by atoms with Crippen molar-refractivity contribution in [3.63, 3.8) is 0 Å². The lowest BCUT2D eigenvalue weighted by molar-refractivity contribution is 0.0992. The van der Waals surface area contributed by atoms with E-state index in [1.165, 1.54) is 18.2 Å². The van der Waals surface area contributed by atoms with E-state index in [-0.39, 0.29) is 23.2 Å². The van der Waals surface area contributed by atoms with Crippen molar-refractivity contribution in [1.29, 1.82) is 0 Å². The third kappa shape index (κ3) is 5.25. The molecule has 31 heavy (non-hydrogen) atoms. The number of hydrogen-bond acceptors (Lipinski definition) is 4. The highest BCUT2D eigenvalue weighted by molar-refractivity contribution is 6.33. The Hall–Kier alpha value is -3.29. The second kappa shape index (κ2) is 9.24. The van der Waals surface area contributed by atoms with Crippen molar-refractivity contribution < 1.29 is 18.3 Å². The van der Waals surface area contributed by atoms with Crippen LogP contribution in [0.25, 0.3) is 0 Å². The molecule has 0 aliphatic carbocycles. The van der Waals surface area contributed by atoms with Crippen LogP contribution >= 0.6 is 23.2 Å². The summed E-state index contributed by atoms with van der Waals surface area (Å²) >= 11 is 12.1. The Morgan fingerprint density at radius 1 is 1.10 bits per heavy atom. The van der Waals surface area contributed by atoms with E-state index in [4.69, 9.17) is 32.4 Å². The van der Waals surface area contributed by atoms with E-state index < -0.39 is 11.7 Å². The van der Waals surface area contributed by atoms with E-state index in [0.29, 0.717) is 23.1 Å². The maximum atomic E-state index is 13.1. The number of hydrogen-bond donors (Lipinski definition) is 1. The van der Waals surface area contributed by atoms with E-state index in [9.17, 15) is 9.18 Å². The third-order valence-electron chi connectivity index (χ3n) is 4.29. The molecule has 2 aromatic heterocycles. The van der Waals surface area contributed by atoms with Gasteiger partial charge in [-0.05, 0) is 35.9 Å². The number of aromatic nitrogens is 2. The zero-order chi connectivity index (χ0) is 21.8. The lowest BCUT2D eigenvalue weighted by Crippen LogP contribution is -2.12. The normalized spacial score (nSPS) is 10.8. The highest BCUT2D eigenvalue weighted by atomic mass is 35.5. The number of nitrogens with one attached hydrogen (secondary N) is 1. The molecule has 6 nitrogen and oxygen atoms in total. The van der Waals surface area contributed by atoms with Crippen LogP contribution in [-0.2, 0) is 13.2 Å². The van der Waals surface area contributed by atoms with Crippen molar-refractivity contribution in [2.75, 3.05) is 5.32 Å². The van der Waals surface area contributed by atoms with E-state index in [1.807, 2.05) is 30.3 Å². The van der Waals surface area contributed by atoms with Crippen LogP contribution in [0.1, 0.15) is 21.9 Å². The van der Waals surface area contributed by atoms with Crippen molar-refractivity contribution in [2.24, 2.45) is 0 Å². The fourth-order valence-electron chi connectivity index (χ4n) is 2.82. The molecule has 2 heterocycles. The number of halogens is 3. The molecular weight excluding hydrogens is 444 g/mol. The minimum atomic E-state index is -0.502. The SMILES string of the molecule is O=C(Nc1nn(Cc2ccccc2)cc1Cl)c1ccc(COc2ccc(F)cc2Cl)o1. The molecule has 4 rings (SSSR count). The standard InChI is InChI=1S/C22H16Cl2FN3O3/c23-17-10-15(25)6-8-19(17)30-13-16-7-9-20(31-16)22(29)26-21-18(24)12-28(27-21)11-14-4-2-1-3-5-14/h1-10,12H,11,13H2,(H,26,27,29). The zero-order valence-electron chi connectivity index (χ0n) is 16.0. The van der Waals surface area contributed by atoms with Gasteiger partial charge in [0, 0.05) is 6.20 Å². The second-order valence-corrected chi connectivity index (χ2v) is 7.41. The number of nitrogens with zero attached hydrogens (tertiary/aromatic N) is 2. The fourth-order valence-corrected chi connectivity index (χ4v) is 3.24. The van der Waals surface area contributed by atoms with E-state index in [1.54, 1.807) is 16.9 Å². The number of carbonyl (C=O) groups excluding carboxylic acids is 1. The van der Waals surface area contributed by atoms with Gasteiger partial charge < -0.3 is 14.5 Å². The Morgan fingerprint density at radius 2 is 1.90 bits per heavy atom. The summed E-state index contributed by atoms with van der Waals surface area (Å²) in [4.78, 5) is 12.5. The number of rotatable bonds is 7. The van der Waals surface area contributed by atoms with Crippen LogP contribution in [0.3, 0.4) is 0 Å². The number of anilines is 1. The lowest BCUT2D eigenvalue weighted by Gasteiger charge is -2.06. The molecule has 0 spiro atoms. The average molecular weight is 460 g/mol. The first-order chi connectivity index (χ1) is 15.0. The molecule has 1 amide bonds. The molecule has 1 N–H and O–H groups in total. The number of amides is 1. The Bertz CT molecular complexity index is 1210. The molecule has 0 saturated carbocycles. The van der Waals surface area contributed by atoms with Gasteiger partial charge >= 0.3 is 0 Å². The Balaban J connectivity index is 1.38. The molecule has 0 atom stereocenters. The number of carbonyl (C=O) groups is 1. The fraction of sp³-hybridized carbons (Fsp3) is 0.0909. The molecule has 0 saturated heterocycles. The van der Waals surface area contributed by atoms with Crippen LogP contribution in [0.5, 0.6) is 5.75 Å². The quantitative estimate of drug-likeness (QED) is 0.379. The maximum absolute atomic E-state index is 13.1. The van der Waals surface area contributed by atoms with Gasteiger partial charge in [0.1, 0.15) is 29.0 Å². The lowest BCUT2D eigenvalue weighted by atomic mass is 10.2. The van der Waals surface area contributed by atoms with Gasteiger partial charge in [0.25, 0.3) is 5.91 Å². The summed E-state index contributed by atoms with van der Waals surface area (Å²) < 4.78 is 25.8. The molecule has 9 heteroatoms. The predicted molar refractivity (Wildman–Crippen MR) is 115 cm³/mol. The highest BCUT2D eigenvalue weighted by Gasteiger charge is 2.16. The van der Waals surface area contributed by atoms with Gasteiger partial charge in [-0.25, -0.2) is 4.39 Å². The average Bonchev–Trinajstić information content (AvgIpc) is 3.35. The second-order valence-electron chi connectivity index (χ2n) is 6.59. The van der Waals surface area contributed by atoms with Crippen LogP contribution in [0.4, 0.5) is 10.2 Å². The van der Waals surface area contributed by atoms with E-state index in [0.717, 1.165) is 11.6 Å². The molecule has 4 aromatic rings. The molecule has 0 unspecified atom stereocenters. The van der Waals surface area contributed by atoms with Gasteiger partial charge in [0.15, 0.2) is 11.6 Å². The van der Waals surface area contributed by atoms with Gasteiger partial charge in [-0.15, -0.1) is 0 Å². The minimum absolute atomic E-state index is 0.0189. The largest absolute Gasteiger partial charge is 0.484 e. The van der Waals surface area contributed by atoms with Gasteiger partial charge in [-0.2, -0.15) is 5.10 Å². The molecular formula is C22H16Cl2FN3O3. The summed E-state index contributed by atoms with van der Waals surface area (Å²) in [5, 5.41) is 7.40. The summed E-state index contributed by atoms with van der Waals surface area (Å²) in [6.45, 7) is 0.537. The Labute approximate surface area is 187 Å². The van der Waals surface area contributed by atoms with Crippen molar-refractivity contribution in [1.82, 2.24) is 9.78 Å². The van der Waals surface area contributed by atoms with Gasteiger partial charge in [-0.1, -0.05) is 53.5 Å². The summed E-state index contributed by atoms with van der Waals surface area (Å²) in [6.07, 6.45) is 1.64. The first-order valence-corrected chi connectivity index (χ1v) is 9.98. The molecule has 0 bridgehead atoms. The van der Waals surface area contributed by atoms with Crippen molar-refractivity contribution in [3.05, 3.63) is 99.8 Å². The van der Waals surface area contributed by atoms with Crippen molar-refractivity contribution in [3.8, 4) is 5.75 Å². The molecule has 2 aromatic carbocycles. The van der Waals surface area contributed by atoms with Crippen LogP contribution in [0.15, 0.2) is 71.3 Å². The number of ether oxygens (including phenoxy) is 1. The van der Waals surface area contributed by atoms with Gasteiger partial charge in [-0.3, -0.25) is 9.48 Å². The van der Waals surface area contributed by atoms with Gasteiger partial charge in [0.2, 0.25) is 0 Å². The smallest absolute Gasteiger partial charge is 0.292 e. The van der Waals surface area contributed by atoms with Gasteiger partial charge in [0.05, 0.1) is 11.6 Å². The topological polar surface area (TPSA) is 69.3 Å². The minimum Gasteiger partial charge on any atom is -0.484 e. The zero-order valence-corrected chi connectivity index (χ0v) is 17.5. The maximum Gasteiger partial charge on any atom is 0.292 e. The summed E-state index contributed by atoms with van der Waals surface area (Å²) in [5.74, 6) is 0.0388. The van der Waals surface area contributed by atoms with Crippen molar-refractivity contribution in [2.45, 2.75) is 13.2 Å². The predicted octanol–water partition coefficient (Wildman–Crippen LogP) is 5.80. The summed E-state index contributed by atoms with van der Waals surface area (Å²) in [5.41, 5.74) is 1.05. The molecule has 0 radical (unpaired) electrons. The molecule has 0 fully saturated rings. The Morgan fingerprint density at radius 3 is 2.68 bits per heavy atom. The van der Waals surface area contributed by atoms with Crippen LogP contribution in [-0.4, -0.2) is 15.7 Å². The first kappa shape index (κ1) is 21.0. The monoisotopic (exact) mass is 459 g/mol. The van der Waals surface area contributed by atoms with Crippen molar-refractivity contribution >= 4 is 34.9 Å². The van der Waals surface area contributed by atoms with Crippen LogP contribution < -0.4 is 10.1 Å². The summed E-state index contributed by atoms with van der Waals surface area (Å²) in [6, 6.07) is 16.7. The van der Waals surface area contributed by atoms with Crippen LogP contribution in [0.2, 0.25) is 10.0 Å². The Kier molecular flexibility index (Phi) is 6.25. The molecule has 158 valence electrons. The molecule has 0 aliphatic heterocycles. The third-order valence-corrected chi connectivity index (χ3v) is 4.86. The molecule has 0 aliphatic rings. The van der Waals surface area contributed by atoms with Crippen LogP contribution in [0, 0.1) is 5.82 Å². The number of furan rings is 1. The van der Waals surface area contributed by atoms with E-state index >= 15 is 0 Å². The van der Waals surface area contributed by atoms with E-state index in [2.05, 4.69) is 10.4 Å². The highest BCUT2D eigenvalue weighted by Crippen LogP contribution is 2.26. The summed E-state index contributed by atoms with van der Waals surface area (Å²) in [7, 11) is 0. The first-order valence-electron chi connectivity index (χ1n) is 9.23.